The molecular formula is C18H15Se+. The number of benzene rings is 3. The Morgan fingerprint density at radius 2 is 1.05 bits per heavy atom. The van der Waals surface area contributed by atoms with Crippen LogP contribution < -0.4 is 13.4 Å². The van der Waals surface area contributed by atoms with Crippen molar-refractivity contribution in [3.05, 3.63) is 90.9 Å². The summed E-state index contributed by atoms with van der Waals surface area (Å²) in [6, 6.07) is 18.3. The van der Waals surface area contributed by atoms with Crippen molar-refractivity contribution in [2.24, 2.45) is 0 Å². The molecule has 0 aromatic heterocycles. The van der Waals surface area contributed by atoms with E-state index in [4.69, 9.17) is 6.85 Å². The molecular weight excluding hydrogens is 295 g/mol. The molecule has 0 heterocycles. The fourth-order valence-corrected chi connectivity index (χ4v) is 5.83. The van der Waals surface area contributed by atoms with Crippen LogP contribution in [0.25, 0.3) is 0 Å². The predicted molar refractivity (Wildman–Crippen MR) is 84.0 cm³/mol. The van der Waals surface area contributed by atoms with Crippen LogP contribution >= 0.6 is 0 Å². The van der Waals surface area contributed by atoms with Crippen molar-refractivity contribution in [1.29, 1.82) is 0 Å². The SMILES string of the molecule is [3H]c1c([3H])c([3H])c([Se+](c2ccccc2)c2ccccc2)c([3H])c1[3H]. The molecule has 0 amide bonds. The first-order valence-electron chi connectivity index (χ1n) is 8.43. The second-order valence-corrected chi connectivity index (χ2v) is 8.01. The molecule has 0 aliphatic heterocycles. The van der Waals surface area contributed by atoms with Crippen molar-refractivity contribution in [3.63, 3.8) is 0 Å². The molecule has 19 heavy (non-hydrogen) atoms. The van der Waals surface area contributed by atoms with Crippen molar-refractivity contribution < 1.29 is 6.85 Å². The van der Waals surface area contributed by atoms with Gasteiger partial charge < -0.3 is 0 Å². The topological polar surface area (TPSA) is 0 Å². The number of hydrogen-bond acceptors (Lipinski definition) is 0. The Bertz CT molecular complexity index is 797. The van der Waals surface area contributed by atoms with E-state index < -0.39 is 13.9 Å². The average molecular weight is 320 g/mol. The van der Waals surface area contributed by atoms with Crippen LogP contribution in [0, 0.1) is 0 Å². The summed E-state index contributed by atoms with van der Waals surface area (Å²) >= 11 is -1.99. The Morgan fingerprint density at radius 1 is 0.579 bits per heavy atom. The van der Waals surface area contributed by atoms with Crippen LogP contribution in [0.15, 0.2) is 90.9 Å². The van der Waals surface area contributed by atoms with E-state index in [-0.39, 0.29) is 30.2 Å². The molecule has 0 aliphatic carbocycles. The van der Waals surface area contributed by atoms with Gasteiger partial charge in [0.25, 0.3) is 0 Å². The van der Waals surface area contributed by atoms with Gasteiger partial charge in [0.1, 0.15) is 0 Å². The minimum atomic E-state index is -1.99. The van der Waals surface area contributed by atoms with Crippen molar-refractivity contribution in [2.45, 2.75) is 0 Å². The van der Waals surface area contributed by atoms with E-state index in [0.29, 0.717) is 4.46 Å². The van der Waals surface area contributed by atoms with E-state index >= 15 is 0 Å². The zero-order valence-corrected chi connectivity index (χ0v) is 11.9. The van der Waals surface area contributed by atoms with Crippen molar-refractivity contribution in [1.82, 2.24) is 0 Å². The predicted octanol–water partition coefficient (Wildman–Crippen LogP) is 2.20. The average Bonchev–Trinajstić information content (AvgIpc) is 2.63. The Balaban J connectivity index is 2.33. The van der Waals surface area contributed by atoms with E-state index in [2.05, 4.69) is 0 Å². The summed E-state index contributed by atoms with van der Waals surface area (Å²) in [5.74, 6) is 0. The number of rotatable bonds is 3. The van der Waals surface area contributed by atoms with E-state index in [0.717, 1.165) is 8.92 Å². The van der Waals surface area contributed by atoms with Gasteiger partial charge in [0.05, 0.1) is 0 Å². The zero-order valence-electron chi connectivity index (χ0n) is 15.2. The van der Waals surface area contributed by atoms with Crippen LogP contribution in [0.3, 0.4) is 0 Å². The molecule has 0 N–H and O–H groups in total. The Labute approximate surface area is 125 Å². The van der Waals surface area contributed by atoms with E-state index in [1.54, 1.807) is 0 Å². The molecule has 0 fully saturated rings. The Kier molecular flexibility index (Phi) is 2.38. The van der Waals surface area contributed by atoms with Crippen molar-refractivity contribution >= 4 is 27.3 Å². The molecule has 3 aromatic rings. The second-order valence-electron chi connectivity index (χ2n) is 3.89. The molecule has 0 aliphatic rings. The van der Waals surface area contributed by atoms with Gasteiger partial charge >= 0.3 is 125 Å². The van der Waals surface area contributed by atoms with E-state index in [9.17, 15) is 0 Å². The molecule has 0 bridgehead atoms. The molecule has 3 rings (SSSR count). The summed E-state index contributed by atoms with van der Waals surface area (Å²) in [6.07, 6.45) is 0. The fourth-order valence-electron chi connectivity index (χ4n) is 1.83. The molecule has 0 atom stereocenters. The maximum atomic E-state index is 8.32. The standard InChI is InChI=1S/C18H15Se/c1-4-10-16(11-5-1)19(17-12-6-2-7-13-17)18-14-8-3-9-15-18/h1-15H/q+1/i1T,4T,5T,10T,11T. The molecule has 0 radical (unpaired) electrons. The summed E-state index contributed by atoms with van der Waals surface area (Å²) in [7, 11) is 0. The molecule has 0 nitrogen and oxygen atoms in total. The quantitative estimate of drug-likeness (QED) is 0.649. The summed E-state index contributed by atoms with van der Waals surface area (Å²) < 4.78 is 42.8. The van der Waals surface area contributed by atoms with Crippen LogP contribution in [-0.4, -0.2) is 13.9 Å². The fraction of sp³-hybridized carbons (Fsp3) is 0. The minimum absolute atomic E-state index is 0.0984. The van der Waals surface area contributed by atoms with Gasteiger partial charge in [-0.2, -0.15) is 0 Å². The molecule has 0 saturated carbocycles. The van der Waals surface area contributed by atoms with Gasteiger partial charge in [-0.15, -0.1) is 0 Å². The van der Waals surface area contributed by atoms with E-state index in [1.165, 1.54) is 0 Å². The first-order valence-corrected chi connectivity index (χ1v) is 8.50. The summed E-state index contributed by atoms with van der Waals surface area (Å²) in [6.45, 7) is 0. The monoisotopic (exact) mass is 321 g/mol. The van der Waals surface area contributed by atoms with E-state index in [1.807, 2.05) is 60.7 Å². The molecule has 3 aromatic carbocycles. The van der Waals surface area contributed by atoms with Crippen LogP contribution in [0.1, 0.15) is 6.85 Å². The molecule has 92 valence electrons. The number of hydrogen-bond donors (Lipinski definition) is 0. The summed E-state index contributed by atoms with van der Waals surface area (Å²) in [5.41, 5.74) is 0. The summed E-state index contributed by atoms with van der Waals surface area (Å²) in [5, 5.41) is 0. The van der Waals surface area contributed by atoms with Gasteiger partial charge in [-0.25, -0.2) is 0 Å². The van der Waals surface area contributed by atoms with Gasteiger partial charge in [0.2, 0.25) is 0 Å². The Hall–Kier alpha value is -1.82. The third-order valence-corrected chi connectivity index (χ3v) is 7.04. The maximum absolute atomic E-state index is 8.32. The molecule has 0 spiro atoms. The normalized spacial score (nSPS) is 14.3. The Morgan fingerprint density at radius 3 is 1.53 bits per heavy atom. The third kappa shape index (κ3) is 2.78. The molecule has 0 unspecified atom stereocenters. The molecule has 0 saturated heterocycles. The first kappa shape index (κ1) is 7.69. The van der Waals surface area contributed by atoms with Gasteiger partial charge in [0.15, 0.2) is 0 Å². The van der Waals surface area contributed by atoms with Crippen molar-refractivity contribution in [2.75, 3.05) is 0 Å². The van der Waals surface area contributed by atoms with Crippen LogP contribution in [0.4, 0.5) is 0 Å². The second kappa shape index (κ2) is 5.88. The van der Waals surface area contributed by atoms with Gasteiger partial charge in [-0.05, 0) is 0 Å². The van der Waals surface area contributed by atoms with Crippen molar-refractivity contribution in [3.8, 4) is 0 Å². The van der Waals surface area contributed by atoms with Crippen LogP contribution in [0.2, 0.25) is 0 Å². The van der Waals surface area contributed by atoms with Gasteiger partial charge in [-0.3, -0.25) is 0 Å². The van der Waals surface area contributed by atoms with Crippen LogP contribution in [-0.2, 0) is 0 Å². The summed E-state index contributed by atoms with van der Waals surface area (Å²) in [4.78, 5) is 0. The van der Waals surface area contributed by atoms with Crippen LogP contribution in [0.5, 0.6) is 0 Å². The van der Waals surface area contributed by atoms with Gasteiger partial charge in [0, 0.05) is 0 Å². The zero-order chi connectivity index (χ0) is 17.3. The molecule has 1 heteroatoms. The first-order chi connectivity index (χ1) is 11.5. The van der Waals surface area contributed by atoms with Gasteiger partial charge in [-0.1, -0.05) is 0 Å². The third-order valence-electron chi connectivity index (χ3n) is 2.64.